The molecule has 2 rings (SSSR count). The monoisotopic (exact) mass is 218 g/mol. The lowest BCUT2D eigenvalue weighted by Gasteiger charge is -2.00. The molecule has 0 fully saturated rings. The van der Waals surface area contributed by atoms with E-state index in [0.29, 0.717) is 6.61 Å². The van der Waals surface area contributed by atoms with Crippen LogP contribution >= 0.6 is 0 Å². The number of anilines is 1. The molecule has 86 valence electrons. The van der Waals surface area contributed by atoms with Crippen LogP contribution in [0, 0.1) is 0 Å². The average Bonchev–Trinajstić information content (AvgIpc) is 2.63. The van der Waals surface area contributed by atoms with E-state index in [1.807, 2.05) is 19.1 Å². The molecule has 0 amide bonds. The number of fused-ring (bicyclic) bond motifs is 1. The average molecular weight is 218 g/mol. The van der Waals surface area contributed by atoms with Gasteiger partial charge in [-0.05, 0) is 26.0 Å². The number of ether oxygens (including phenoxy) is 1. The molecule has 0 radical (unpaired) electrons. The van der Waals surface area contributed by atoms with E-state index in [1.54, 1.807) is 0 Å². The molecule has 0 aliphatic rings. The van der Waals surface area contributed by atoms with Gasteiger partial charge < -0.3 is 15.0 Å². The Balaban J connectivity index is 2.50. The van der Waals surface area contributed by atoms with Gasteiger partial charge in [-0.15, -0.1) is 0 Å². The summed E-state index contributed by atoms with van der Waals surface area (Å²) in [5, 5.41) is 1.24. The zero-order valence-electron chi connectivity index (χ0n) is 9.86. The van der Waals surface area contributed by atoms with E-state index < -0.39 is 0 Å². The van der Waals surface area contributed by atoms with Gasteiger partial charge >= 0.3 is 0 Å². The molecule has 0 atom stereocenters. The van der Waals surface area contributed by atoms with Crippen molar-refractivity contribution in [2.24, 2.45) is 0 Å². The van der Waals surface area contributed by atoms with Gasteiger partial charge in [-0.2, -0.15) is 0 Å². The fourth-order valence-electron chi connectivity index (χ4n) is 1.97. The van der Waals surface area contributed by atoms with Crippen molar-refractivity contribution in [3.63, 3.8) is 0 Å². The van der Waals surface area contributed by atoms with E-state index in [9.17, 15) is 0 Å². The van der Waals surface area contributed by atoms with Gasteiger partial charge in [-0.3, -0.25) is 0 Å². The molecule has 2 aromatic rings. The Morgan fingerprint density at radius 1 is 1.31 bits per heavy atom. The van der Waals surface area contributed by atoms with Crippen LogP contribution in [0.25, 0.3) is 10.9 Å². The normalized spacial score (nSPS) is 11.1. The molecule has 2 N–H and O–H groups in total. The van der Waals surface area contributed by atoms with E-state index in [0.717, 1.165) is 18.8 Å². The molecule has 0 aliphatic heterocycles. The van der Waals surface area contributed by atoms with Gasteiger partial charge in [0.05, 0.1) is 12.1 Å². The van der Waals surface area contributed by atoms with Crippen LogP contribution in [-0.2, 0) is 17.9 Å². The summed E-state index contributed by atoms with van der Waals surface area (Å²) in [4.78, 5) is 0. The summed E-state index contributed by atoms with van der Waals surface area (Å²) >= 11 is 0. The number of nitrogens with two attached hydrogens (primary N) is 1. The zero-order valence-corrected chi connectivity index (χ0v) is 9.86. The molecule has 3 heteroatoms. The third-order valence-corrected chi connectivity index (χ3v) is 2.79. The third-order valence-electron chi connectivity index (χ3n) is 2.79. The maximum atomic E-state index is 5.81. The quantitative estimate of drug-likeness (QED) is 0.801. The summed E-state index contributed by atoms with van der Waals surface area (Å²) in [5.74, 6) is 0. The van der Waals surface area contributed by atoms with E-state index in [1.165, 1.54) is 16.5 Å². The third kappa shape index (κ3) is 1.91. The Kier molecular flexibility index (Phi) is 3.15. The molecule has 1 aromatic carbocycles. The molecular formula is C13H18N2O. The first-order valence-corrected chi connectivity index (χ1v) is 5.71. The largest absolute Gasteiger partial charge is 0.399 e. The molecule has 16 heavy (non-hydrogen) atoms. The Labute approximate surface area is 95.8 Å². The summed E-state index contributed by atoms with van der Waals surface area (Å²) < 4.78 is 7.68. The van der Waals surface area contributed by atoms with Gasteiger partial charge in [0.1, 0.15) is 0 Å². The van der Waals surface area contributed by atoms with Crippen LogP contribution in [0.4, 0.5) is 5.69 Å². The molecule has 3 nitrogen and oxygen atoms in total. The van der Waals surface area contributed by atoms with Crippen LogP contribution in [0.1, 0.15) is 19.4 Å². The number of rotatable bonds is 4. The van der Waals surface area contributed by atoms with Crippen molar-refractivity contribution in [2.75, 3.05) is 12.3 Å². The minimum absolute atomic E-state index is 0.671. The van der Waals surface area contributed by atoms with Crippen molar-refractivity contribution < 1.29 is 4.74 Å². The standard InChI is InChI=1S/C13H18N2O/c1-3-15-8-10(9-16-4-2)12-6-5-11(14)7-13(12)15/h5-8H,3-4,9,14H2,1-2H3. The molecule has 0 spiro atoms. The summed E-state index contributed by atoms with van der Waals surface area (Å²) in [6.07, 6.45) is 2.15. The second-order valence-electron chi connectivity index (χ2n) is 3.85. The highest BCUT2D eigenvalue weighted by molar-refractivity contribution is 5.86. The highest BCUT2D eigenvalue weighted by Gasteiger charge is 2.07. The first-order valence-electron chi connectivity index (χ1n) is 5.71. The summed E-state index contributed by atoms with van der Waals surface area (Å²) in [6, 6.07) is 6.04. The molecule has 0 aliphatic carbocycles. The lowest BCUT2D eigenvalue weighted by Crippen LogP contribution is -1.92. The van der Waals surface area contributed by atoms with Crippen molar-refractivity contribution in [3.8, 4) is 0 Å². The number of nitrogens with zero attached hydrogens (tertiary/aromatic N) is 1. The Morgan fingerprint density at radius 2 is 2.12 bits per heavy atom. The zero-order chi connectivity index (χ0) is 11.5. The maximum Gasteiger partial charge on any atom is 0.0737 e. The molecule has 0 saturated carbocycles. The number of hydrogen-bond donors (Lipinski definition) is 1. The lowest BCUT2D eigenvalue weighted by atomic mass is 10.2. The molecule has 0 bridgehead atoms. The van der Waals surface area contributed by atoms with Crippen LogP contribution in [0.3, 0.4) is 0 Å². The van der Waals surface area contributed by atoms with Gasteiger partial charge in [0.2, 0.25) is 0 Å². The number of benzene rings is 1. The fraction of sp³-hybridized carbons (Fsp3) is 0.385. The Hall–Kier alpha value is -1.48. The van der Waals surface area contributed by atoms with Crippen molar-refractivity contribution >= 4 is 16.6 Å². The fourth-order valence-corrected chi connectivity index (χ4v) is 1.97. The van der Waals surface area contributed by atoms with E-state index in [4.69, 9.17) is 10.5 Å². The van der Waals surface area contributed by atoms with Crippen LogP contribution in [0.15, 0.2) is 24.4 Å². The number of nitrogen functional groups attached to an aromatic ring is 1. The molecule has 0 saturated heterocycles. The van der Waals surface area contributed by atoms with Crippen molar-refractivity contribution in [1.82, 2.24) is 4.57 Å². The highest BCUT2D eigenvalue weighted by atomic mass is 16.5. The minimum atomic E-state index is 0.671. The lowest BCUT2D eigenvalue weighted by molar-refractivity contribution is 0.135. The smallest absolute Gasteiger partial charge is 0.0737 e. The molecule has 1 heterocycles. The Morgan fingerprint density at radius 3 is 2.81 bits per heavy atom. The number of hydrogen-bond acceptors (Lipinski definition) is 2. The van der Waals surface area contributed by atoms with Gasteiger partial charge in [0, 0.05) is 36.0 Å². The van der Waals surface area contributed by atoms with Crippen molar-refractivity contribution in [1.29, 1.82) is 0 Å². The highest BCUT2D eigenvalue weighted by Crippen LogP contribution is 2.24. The number of aromatic nitrogens is 1. The van der Waals surface area contributed by atoms with Gasteiger partial charge in [-0.25, -0.2) is 0 Å². The SMILES string of the molecule is CCOCc1cn(CC)c2cc(N)ccc12. The van der Waals surface area contributed by atoms with Gasteiger partial charge in [0.25, 0.3) is 0 Å². The van der Waals surface area contributed by atoms with Crippen LogP contribution < -0.4 is 5.73 Å². The van der Waals surface area contributed by atoms with Crippen molar-refractivity contribution in [3.05, 3.63) is 30.0 Å². The first-order chi connectivity index (χ1) is 7.76. The van der Waals surface area contributed by atoms with Crippen LogP contribution in [-0.4, -0.2) is 11.2 Å². The van der Waals surface area contributed by atoms with E-state index in [-0.39, 0.29) is 0 Å². The van der Waals surface area contributed by atoms with E-state index in [2.05, 4.69) is 23.8 Å². The van der Waals surface area contributed by atoms with Gasteiger partial charge in [-0.1, -0.05) is 6.07 Å². The molecular weight excluding hydrogens is 200 g/mol. The Bertz CT molecular complexity index is 488. The van der Waals surface area contributed by atoms with Gasteiger partial charge in [0.15, 0.2) is 0 Å². The predicted molar refractivity (Wildman–Crippen MR) is 67.4 cm³/mol. The van der Waals surface area contributed by atoms with E-state index >= 15 is 0 Å². The summed E-state index contributed by atoms with van der Waals surface area (Å²) in [5.41, 5.74) is 9.05. The predicted octanol–water partition coefficient (Wildman–Crippen LogP) is 2.78. The first kappa shape index (κ1) is 11.0. The van der Waals surface area contributed by atoms with Crippen molar-refractivity contribution in [2.45, 2.75) is 27.0 Å². The van der Waals surface area contributed by atoms with Crippen LogP contribution in [0.5, 0.6) is 0 Å². The second kappa shape index (κ2) is 4.58. The minimum Gasteiger partial charge on any atom is -0.399 e. The summed E-state index contributed by atoms with van der Waals surface area (Å²) in [6.45, 7) is 6.51. The maximum absolute atomic E-state index is 5.81. The molecule has 1 aromatic heterocycles. The molecule has 0 unspecified atom stereocenters. The number of aryl methyl sites for hydroxylation is 1. The summed E-state index contributed by atoms with van der Waals surface area (Å²) in [7, 11) is 0. The second-order valence-corrected chi connectivity index (χ2v) is 3.85. The topological polar surface area (TPSA) is 40.2 Å². The van der Waals surface area contributed by atoms with Crippen LogP contribution in [0.2, 0.25) is 0 Å².